The average Bonchev–Trinajstić information content (AvgIpc) is 2.30. The minimum atomic E-state index is -4.42. The van der Waals surface area contributed by atoms with Crippen molar-refractivity contribution in [3.05, 3.63) is 27.1 Å². The van der Waals surface area contributed by atoms with Gasteiger partial charge in [-0.25, -0.2) is 13.1 Å². The molecule has 1 aromatic carbocycles. The summed E-state index contributed by atoms with van der Waals surface area (Å²) in [4.78, 5) is -0.0114. The van der Waals surface area contributed by atoms with Gasteiger partial charge in [0.05, 0.1) is 11.5 Å². The third-order valence-corrected chi connectivity index (χ3v) is 4.94. The van der Waals surface area contributed by atoms with Gasteiger partial charge >= 0.3 is 6.18 Å². The quantitative estimate of drug-likeness (QED) is 0.691. The van der Waals surface area contributed by atoms with Crippen molar-refractivity contribution in [3.63, 3.8) is 0 Å². The second-order valence-corrected chi connectivity index (χ2v) is 7.15. The van der Waals surface area contributed by atoms with Crippen molar-refractivity contribution in [2.45, 2.75) is 11.1 Å². The Balaban J connectivity index is 2.56. The Kier molecular flexibility index (Phi) is 6.45. The van der Waals surface area contributed by atoms with Gasteiger partial charge in [-0.05, 0) is 34.1 Å². The first-order chi connectivity index (χ1) is 9.12. The molecule has 0 aromatic heterocycles. The van der Waals surface area contributed by atoms with Crippen LogP contribution in [0.4, 0.5) is 13.2 Å². The van der Waals surface area contributed by atoms with Gasteiger partial charge in [-0.3, -0.25) is 0 Å². The Bertz CT molecular complexity index is 563. The molecule has 0 bridgehead atoms. The highest BCUT2D eigenvalue weighted by Crippen LogP contribution is 2.25. The lowest BCUT2D eigenvalue weighted by Crippen LogP contribution is -2.29. The van der Waals surface area contributed by atoms with E-state index in [1.807, 2.05) is 0 Å². The number of nitrogens with one attached hydrogen (secondary N) is 1. The topological polar surface area (TPSA) is 55.4 Å². The second kappa shape index (κ2) is 7.21. The number of halogens is 5. The number of rotatable bonds is 6. The van der Waals surface area contributed by atoms with Crippen LogP contribution in [0.15, 0.2) is 32.0 Å². The summed E-state index contributed by atoms with van der Waals surface area (Å²) in [5.74, 6) is 0. The number of hydrogen-bond acceptors (Lipinski definition) is 3. The summed E-state index contributed by atoms with van der Waals surface area (Å²) >= 11 is 6.24. The van der Waals surface area contributed by atoms with E-state index in [4.69, 9.17) is 0 Å². The van der Waals surface area contributed by atoms with Crippen LogP contribution < -0.4 is 4.72 Å². The van der Waals surface area contributed by atoms with Gasteiger partial charge in [-0.2, -0.15) is 13.2 Å². The Morgan fingerprint density at radius 3 is 2.50 bits per heavy atom. The average molecular weight is 441 g/mol. The van der Waals surface area contributed by atoms with Gasteiger partial charge in [0.25, 0.3) is 0 Å². The number of alkyl halides is 3. The lowest BCUT2D eigenvalue weighted by molar-refractivity contribution is -0.173. The van der Waals surface area contributed by atoms with Crippen molar-refractivity contribution >= 4 is 41.9 Å². The minimum absolute atomic E-state index is 0.0114. The number of ether oxygens (including phenoxy) is 1. The lowest BCUT2D eigenvalue weighted by Gasteiger charge is -2.10. The second-order valence-electron chi connectivity index (χ2n) is 3.64. The minimum Gasteiger partial charge on any atom is -0.371 e. The molecule has 0 aliphatic carbocycles. The first kappa shape index (κ1) is 17.9. The first-order valence-electron chi connectivity index (χ1n) is 5.21. The van der Waals surface area contributed by atoms with Crippen molar-refractivity contribution in [3.8, 4) is 0 Å². The molecule has 4 nitrogen and oxygen atoms in total. The summed E-state index contributed by atoms with van der Waals surface area (Å²) in [6.07, 6.45) is -4.42. The maximum Gasteiger partial charge on any atom is 0.411 e. The molecule has 10 heteroatoms. The molecular weight excluding hydrogens is 431 g/mol. The predicted octanol–water partition coefficient (Wildman–Crippen LogP) is 3.07. The highest BCUT2D eigenvalue weighted by Gasteiger charge is 2.27. The fourth-order valence-corrected chi connectivity index (χ4v) is 3.71. The molecular formula is C10H10Br2F3NO3S. The van der Waals surface area contributed by atoms with E-state index in [0.717, 1.165) is 0 Å². The largest absolute Gasteiger partial charge is 0.411 e. The van der Waals surface area contributed by atoms with Crippen molar-refractivity contribution in [1.82, 2.24) is 4.72 Å². The third-order valence-electron chi connectivity index (χ3n) is 1.99. The molecule has 20 heavy (non-hydrogen) atoms. The molecule has 1 N–H and O–H groups in total. The van der Waals surface area contributed by atoms with Crippen molar-refractivity contribution in [2.75, 3.05) is 19.8 Å². The van der Waals surface area contributed by atoms with Crippen LogP contribution in [-0.4, -0.2) is 34.4 Å². The van der Waals surface area contributed by atoms with Crippen LogP contribution in [0.2, 0.25) is 0 Å². The molecule has 0 aliphatic heterocycles. The molecule has 0 spiro atoms. The van der Waals surface area contributed by atoms with Crippen molar-refractivity contribution in [1.29, 1.82) is 0 Å². The van der Waals surface area contributed by atoms with Gasteiger partial charge in [0.15, 0.2) is 0 Å². The van der Waals surface area contributed by atoms with Crippen LogP contribution >= 0.6 is 31.9 Å². The summed E-state index contributed by atoms with van der Waals surface area (Å²) in [6, 6.07) is 4.57. The van der Waals surface area contributed by atoms with Gasteiger partial charge in [0, 0.05) is 15.5 Å². The lowest BCUT2D eigenvalue weighted by atomic mass is 10.4. The van der Waals surface area contributed by atoms with E-state index in [-0.39, 0.29) is 18.0 Å². The van der Waals surface area contributed by atoms with Crippen LogP contribution in [-0.2, 0) is 14.8 Å². The maximum atomic E-state index is 11.9. The van der Waals surface area contributed by atoms with E-state index in [1.54, 1.807) is 12.1 Å². The summed E-state index contributed by atoms with van der Waals surface area (Å²) in [6.45, 7) is -2.03. The van der Waals surface area contributed by atoms with Crippen LogP contribution in [0, 0.1) is 0 Å². The van der Waals surface area contributed by atoms with E-state index < -0.39 is 22.8 Å². The molecule has 0 radical (unpaired) electrons. The highest BCUT2D eigenvalue weighted by molar-refractivity contribution is 9.11. The maximum absolute atomic E-state index is 11.9. The van der Waals surface area contributed by atoms with E-state index in [2.05, 4.69) is 41.3 Å². The Morgan fingerprint density at radius 1 is 1.25 bits per heavy atom. The summed E-state index contributed by atoms with van der Waals surface area (Å²) < 4.78 is 66.6. The number of hydrogen-bond donors (Lipinski definition) is 1. The van der Waals surface area contributed by atoms with E-state index in [0.29, 0.717) is 8.95 Å². The molecule has 0 saturated carbocycles. The predicted molar refractivity (Wildman–Crippen MR) is 73.9 cm³/mol. The van der Waals surface area contributed by atoms with Crippen molar-refractivity contribution < 1.29 is 26.3 Å². The first-order valence-corrected chi connectivity index (χ1v) is 8.28. The summed E-state index contributed by atoms with van der Waals surface area (Å²) in [5, 5.41) is 0. The molecule has 0 unspecified atom stereocenters. The van der Waals surface area contributed by atoms with Gasteiger partial charge in [0.2, 0.25) is 10.0 Å². The fraction of sp³-hybridized carbons (Fsp3) is 0.400. The van der Waals surface area contributed by atoms with Crippen LogP contribution in [0.1, 0.15) is 0 Å². The zero-order valence-corrected chi connectivity index (χ0v) is 13.9. The smallest absolute Gasteiger partial charge is 0.371 e. The molecule has 0 amide bonds. The molecule has 114 valence electrons. The van der Waals surface area contributed by atoms with Gasteiger partial charge in [-0.15, -0.1) is 0 Å². The standard InChI is InChI=1S/C10H10Br2F3NO3S/c11-7-1-2-8(12)9(5-7)20(17,18)16-3-4-19-6-10(13,14)15/h1-2,5,16H,3-4,6H2. The molecule has 0 aliphatic rings. The van der Waals surface area contributed by atoms with Crippen LogP contribution in [0.25, 0.3) is 0 Å². The molecule has 1 aromatic rings. The Labute approximate surface area is 131 Å². The van der Waals surface area contributed by atoms with Gasteiger partial charge in [-0.1, -0.05) is 15.9 Å². The third kappa shape index (κ3) is 6.08. The SMILES string of the molecule is O=S(=O)(NCCOCC(F)(F)F)c1cc(Br)ccc1Br. The molecule has 0 fully saturated rings. The summed E-state index contributed by atoms with van der Waals surface area (Å²) in [7, 11) is -3.82. The zero-order valence-electron chi connectivity index (χ0n) is 9.88. The molecule has 0 atom stereocenters. The number of sulfonamides is 1. The Morgan fingerprint density at radius 2 is 1.90 bits per heavy atom. The van der Waals surface area contributed by atoms with E-state index >= 15 is 0 Å². The van der Waals surface area contributed by atoms with Gasteiger partial charge < -0.3 is 4.74 Å². The fourth-order valence-electron chi connectivity index (χ4n) is 1.20. The number of benzene rings is 1. The molecule has 0 heterocycles. The Hall–Kier alpha value is -0.160. The van der Waals surface area contributed by atoms with E-state index in [9.17, 15) is 21.6 Å². The normalized spacial score (nSPS) is 12.7. The van der Waals surface area contributed by atoms with Crippen LogP contribution in [0.3, 0.4) is 0 Å². The zero-order chi connectivity index (χ0) is 15.4. The van der Waals surface area contributed by atoms with Crippen molar-refractivity contribution in [2.24, 2.45) is 0 Å². The molecule has 0 saturated heterocycles. The van der Waals surface area contributed by atoms with Gasteiger partial charge in [0.1, 0.15) is 6.61 Å². The molecule has 1 rings (SSSR count). The van der Waals surface area contributed by atoms with E-state index in [1.165, 1.54) is 6.07 Å². The summed E-state index contributed by atoms with van der Waals surface area (Å²) in [5.41, 5.74) is 0. The highest BCUT2D eigenvalue weighted by atomic mass is 79.9. The monoisotopic (exact) mass is 439 g/mol. The van der Waals surface area contributed by atoms with Crippen LogP contribution in [0.5, 0.6) is 0 Å².